The quantitative estimate of drug-likeness (QED) is 0.248. The summed E-state index contributed by atoms with van der Waals surface area (Å²) in [5.74, 6) is 0.836. The molecule has 7 heteroatoms. The van der Waals surface area contributed by atoms with Crippen molar-refractivity contribution in [2.75, 3.05) is 39.5 Å². The summed E-state index contributed by atoms with van der Waals surface area (Å²) >= 11 is 0. The normalized spacial score (nSPS) is 11.2. The van der Waals surface area contributed by atoms with Gasteiger partial charge in [0, 0.05) is 13.1 Å². The first-order valence-corrected chi connectivity index (χ1v) is 11.8. The third-order valence-corrected chi connectivity index (χ3v) is 5.33. The number of nitrogens with zero attached hydrogens (tertiary/aromatic N) is 4. The second-order valence-electron chi connectivity index (χ2n) is 7.96. The molecule has 2 aromatic carbocycles. The molecule has 178 valence electrons. The van der Waals surface area contributed by atoms with E-state index in [2.05, 4.69) is 21.2 Å². The maximum atomic E-state index is 9.02. The van der Waals surface area contributed by atoms with Gasteiger partial charge in [-0.25, -0.2) is 0 Å². The highest BCUT2D eigenvalue weighted by atomic mass is 16.5. The van der Waals surface area contributed by atoms with Crippen LogP contribution in [-0.2, 0) is 0 Å². The highest BCUT2D eigenvalue weighted by Gasteiger charge is 2.02. The van der Waals surface area contributed by atoms with Crippen molar-refractivity contribution in [2.45, 2.75) is 44.9 Å². The second kappa shape index (κ2) is 16.8. The third kappa shape index (κ3) is 11.6. The predicted molar refractivity (Wildman–Crippen MR) is 130 cm³/mol. The van der Waals surface area contributed by atoms with Crippen LogP contribution >= 0.6 is 0 Å². The molecule has 33 heavy (non-hydrogen) atoms. The molecule has 0 spiro atoms. The lowest BCUT2D eigenvalue weighted by molar-refractivity contribution is 0.159. The van der Waals surface area contributed by atoms with E-state index in [1.807, 2.05) is 24.3 Å². The van der Waals surface area contributed by atoms with Gasteiger partial charge in [0.05, 0.1) is 42.8 Å². The largest absolute Gasteiger partial charge is 0.494 e. The smallest absolute Gasteiger partial charge is 0.119 e. The topological polar surface area (TPSA) is 101 Å². The first-order chi connectivity index (χ1) is 16.2. The molecule has 0 aliphatic rings. The number of rotatable bonds is 17. The Morgan fingerprint density at radius 1 is 0.697 bits per heavy atom. The Kier molecular flexibility index (Phi) is 13.5. The maximum Gasteiger partial charge on any atom is 0.119 e. The van der Waals surface area contributed by atoms with E-state index in [4.69, 9.17) is 20.2 Å². The first kappa shape index (κ1) is 26.5. The molecule has 2 rings (SSSR count). The Bertz CT molecular complexity index is 826. The van der Waals surface area contributed by atoms with Gasteiger partial charge in [0.15, 0.2) is 0 Å². The van der Waals surface area contributed by atoms with Gasteiger partial charge in [0.2, 0.25) is 0 Å². The van der Waals surface area contributed by atoms with Gasteiger partial charge in [-0.3, -0.25) is 4.90 Å². The second-order valence-corrected chi connectivity index (χ2v) is 7.96. The molecular weight excluding hydrogens is 416 g/mol. The fourth-order valence-electron chi connectivity index (χ4n) is 3.46. The summed E-state index contributed by atoms with van der Waals surface area (Å²) in [6, 6.07) is 16.6. The summed E-state index contributed by atoms with van der Waals surface area (Å²) in [4.78, 5) is 2.11. The molecule has 0 unspecified atom stereocenters. The molecule has 0 fully saturated rings. The Labute approximate surface area is 197 Å². The number of hydrogen-bond acceptors (Lipinski definition) is 7. The molecule has 0 amide bonds. The molecule has 0 aliphatic heterocycles. The fourth-order valence-corrected chi connectivity index (χ4v) is 3.46. The van der Waals surface area contributed by atoms with Crippen LogP contribution in [0.2, 0.25) is 0 Å². The van der Waals surface area contributed by atoms with Crippen LogP contribution < -0.4 is 4.74 Å². The van der Waals surface area contributed by atoms with Crippen molar-refractivity contribution in [2.24, 2.45) is 10.2 Å². The molecule has 2 N–H and O–H groups in total. The van der Waals surface area contributed by atoms with Crippen LogP contribution in [0.5, 0.6) is 5.75 Å². The van der Waals surface area contributed by atoms with Crippen LogP contribution in [0.15, 0.2) is 58.8 Å². The summed E-state index contributed by atoms with van der Waals surface area (Å²) in [5.41, 5.74) is 2.06. The Hall–Kier alpha value is -2.79. The van der Waals surface area contributed by atoms with Gasteiger partial charge in [-0.05, 0) is 67.9 Å². The van der Waals surface area contributed by atoms with Gasteiger partial charge in [-0.1, -0.05) is 32.1 Å². The Morgan fingerprint density at radius 3 is 1.76 bits per heavy atom. The number of unbranched alkanes of at least 4 members (excludes halogenated alkanes) is 6. The summed E-state index contributed by atoms with van der Waals surface area (Å²) in [5, 5.41) is 35.3. The van der Waals surface area contributed by atoms with Gasteiger partial charge in [0.25, 0.3) is 0 Å². The molecule has 0 saturated carbocycles. The van der Waals surface area contributed by atoms with E-state index in [-0.39, 0.29) is 13.2 Å². The van der Waals surface area contributed by atoms with Crippen molar-refractivity contribution in [3.8, 4) is 11.8 Å². The van der Waals surface area contributed by atoms with E-state index in [0.717, 1.165) is 37.2 Å². The van der Waals surface area contributed by atoms with E-state index in [1.165, 1.54) is 25.7 Å². The van der Waals surface area contributed by atoms with Crippen molar-refractivity contribution in [1.29, 1.82) is 5.26 Å². The zero-order valence-corrected chi connectivity index (χ0v) is 19.4. The van der Waals surface area contributed by atoms with Gasteiger partial charge in [-0.2, -0.15) is 15.5 Å². The highest BCUT2D eigenvalue weighted by Crippen LogP contribution is 2.22. The minimum Gasteiger partial charge on any atom is -0.494 e. The molecule has 7 nitrogen and oxygen atoms in total. The molecule has 0 aliphatic carbocycles. The number of aliphatic hydroxyl groups is 2. The van der Waals surface area contributed by atoms with Gasteiger partial charge < -0.3 is 14.9 Å². The van der Waals surface area contributed by atoms with Crippen LogP contribution in [-0.4, -0.2) is 54.6 Å². The van der Waals surface area contributed by atoms with E-state index >= 15 is 0 Å². The SMILES string of the molecule is N#Cc1ccc(N=Nc2ccc(OCCCCCCCCCN(CCO)CCO)cc2)cc1. The number of aliphatic hydroxyl groups excluding tert-OH is 2. The van der Waals surface area contributed by atoms with Crippen LogP contribution in [0, 0.1) is 11.3 Å². The molecule has 0 bridgehead atoms. The van der Waals surface area contributed by atoms with Crippen LogP contribution in [0.3, 0.4) is 0 Å². The summed E-state index contributed by atoms with van der Waals surface area (Å²) < 4.78 is 5.82. The van der Waals surface area contributed by atoms with Gasteiger partial charge in [-0.15, -0.1) is 0 Å². The number of benzene rings is 2. The maximum absolute atomic E-state index is 9.02. The Morgan fingerprint density at radius 2 is 1.21 bits per heavy atom. The van der Waals surface area contributed by atoms with Crippen molar-refractivity contribution in [3.05, 3.63) is 54.1 Å². The van der Waals surface area contributed by atoms with Crippen LogP contribution in [0.4, 0.5) is 11.4 Å². The standard InChI is InChI=1S/C26H36N4O3/c27-22-23-8-10-24(11-9-23)28-29-25-12-14-26(15-13-25)33-21-7-5-3-1-2-4-6-16-30(17-19-31)18-20-32/h8-15,31-32H,1-7,16-21H2. The van der Waals surface area contributed by atoms with Crippen molar-refractivity contribution >= 4 is 11.4 Å². The van der Waals surface area contributed by atoms with E-state index in [1.54, 1.807) is 24.3 Å². The molecule has 0 aromatic heterocycles. The average Bonchev–Trinajstić information content (AvgIpc) is 2.85. The number of nitriles is 1. The van der Waals surface area contributed by atoms with E-state index in [9.17, 15) is 0 Å². The highest BCUT2D eigenvalue weighted by molar-refractivity contribution is 5.44. The summed E-state index contributed by atoms with van der Waals surface area (Å²) in [7, 11) is 0. The molecule has 0 radical (unpaired) electrons. The average molecular weight is 453 g/mol. The Balaban J connectivity index is 1.52. The van der Waals surface area contributed by atoms with Gasteiger partial charge >= 0.3 is 0 Å². The lowest BCUT2D eigenvalue weighted by atomic mass is 10.1. The van der Waals surface area contributed by atoms with E-state index in [0.29, 0.717) is 30.9 Å². The predicted octanol–water partition coefficient (Wildman–Crippen LogP) is 5.37. The first-order valence-electron chi connectivity index (χ1n) is 11.8. The third-order valence-electron chi connectivity index (χ3n) is 5.33. The molecule has 0 atom stereocenters. The lowest BCUT2D eigenvalue weighted by Crippen LogP contribution is -2.30. The van der Waals surface area contributed by atoms with Crippen molar-refractivity contribution in [1.82, 2.24) is 4.90 Å². The zero-order chi connectivity index (χ0) is 23.6. The summed E-state index contributed by atoms with van der Waals surface area (Å²) in [6.07, 6.45) is 8.20. The summed E-state index contributed by atoms with van der Waals surface area (Å²) in [6.45, 7) is 3.25. The molecule has 2 aromatic rings. The van der Waals surface area contributed by atoms with Crippen molar-refractivity contribution < 1.29 is 14.9 Å². The van der Waals surface area contributed by atoms with Gasteiger partial charge in [0.1, 0.15) is 5.75 Å². The lowest BCUT2D eigenvalue weighted by Gasteiger charge is -2.19. The van der Waals surface area contributed by atoms with Crippen LogP contribution in [0.1, 0.15) is 50.5 Å². The number of hydrogen-bond donors (Lipinski definition) is 2. The number of ether oxygens (including phenoxy) is 1. The monoisotopic (exact) mass is 452 g/mol. The molecule has 0 saturated heterocycles. The molecular formula is C26H36N4O3. The molecule has 0 heterocycles. The van der Waals surface area contributed by atoms with E-state index < -0.39 is 0 Å². The number of azo groups is 1. The van der Waals surface area contributed by atoms with Crippen molar-refractivity contribution in [3.63, 3.8) is 0 Å². The van der Waals surface area contributed by atoms with Crippen LogP contribution in [0.25, 0.3) is 0 Å². The zero-order valence-electron chi connectivity index (χ0n) is 19.4. The fraction of sp³-hybridized carbons (Fsp3) is 0.500. The minimum atomic E-state index is 0.150. The minimum absolute atomic E-state index is 0.150.